The van der Waals surface area contributed by atoms with E-state index in [2.05, 4.69) is 10.2 Å². The lowest BCUT2D eigenvalue weighted by Gasteiger charge is -2.02. The second-order valence-corrected chi connectivity index (χ2v) is 5.07. The Morgan fingerprint density at radius 3 is 2.48 bits per heavy atom. The summed E-state index contributed by atoms with van der Waals surface area (Å²) in [6.45, 7) is 0.180. The van der Waals surface area contributed by atoms with Crippen LogP contribution in [0, 0.1) is 0 Å². The van der Waals surface area contributed by atoms with Gasteiger partial charge in [0.15, 0.2) is 6.61 Å². The molecule has 0 spiro atoms. The maximum atomic E-state index is 6.08. The third-order valence-electron chi connectivity index (χ3n) is 2.75. The first-order valence-electron chi connectivity index (χ1n) is 6.18. The molecule has 4 nitrogen and oxygen atoms in total. The summed E-state index contributed by atoms with van der Waals surface area (Å²) in [5, 5.41) is 9.13. The molecule has 0 fully saturated rings. The highest BCUT2D eigenvalue weighted by atomic mass is 35.5. The van der Waals surface area contributed by atoms with Crippen molar-refractivity contribution in [2.75, 3.05) is 0 Å². The summed E-state index contributed by atoms with van der Waals surface area (Å²) in [5.41, 5.74) is 0.699. The van der Waals surface area contributed by atoms with E-state index in [1.165, 1.54) is 0 Å². The van der Waals surface area contributed by atoms with E-state index in [9.17, 15) is 0 Å². The van der Waals surface area contributed by atoms with Gasteiger partial charge in [-0.2, -0.15) is 0 Å². The topological polar surface area (TPSA) is 48.2 Å². The summed E-state index contributed by atoms with van der Waals surface area (Å²) < 4.78 is 11.1. The molecule has 0 atom stereocenters. The van der Waals surface area contributed by atoms with Crippen molar-refractivity contribution in [3.05, 3.63) is 64.5 Å². The van der Waals surface area contributed by atoms with Crippen molar-refractivity contribution in [3.63, 3.8) is 0 Å². The van der Waals surface area contributed by atoms with Crippen molar-refractivity contribution in [3.8, 4) is 17.2 Å². The highest BCUT2D eigenvalue weighted by Gasteiger charge is 2.11. The standard InChI is InChI=1S/C15H10Cl2N2O2/c16-10-5-7-11(8-6-10)20-9-14-18-19-15(21-14)12-3-1-2-4-13(12)17/h1-8H,9H2. The van der Waals surface area contributed by atoms with Crippen LogP contribution in [0.5, 0.6) is 5.75 Å². The molecule has 0 saturated heterocycles. The molecule has 21 heavy (non-hydrogen) atoms. The van der Waals surface area contributed by atoms with Gasteiger partial charge in [0.1, 0.15) is 5.75 Å². The highest BCUT2D eigenvalue weighted by molar-refractivity contribution is 6.33. The van der Waals surface area contributed by atoms with Gasteiger partial charge in [-0.3, -0.25) is 0 Å². The average Bonchev–Trinajstić information content (AvgIpc) is 2.96. The Morgan fingerprint density at radius 2 is 1.71 bits per heavy atom. The fourth-order valence-electron chi connectivity index (χ4n) is 1.73. The maximum Gasteiger partial charge on any atom is 0.254 e. The molecule has 0 radical (unpaired) electrons. The van der Waals surface area contributed by atoms with Crippen LogP contribution in [0.25, 0.3) is 11.5 Å². The normalized spacial score (nSPS) is 10.6. The molecule has 106 valence electrons. The first kappa shape index (κ1) is 13.9. The molecule has 6 heteroatoms. The molecule has 3 rings (SSSR count). The van der Waals surface area contributed by atoms with E-state index < -0.39 is 0 Å². The van der Waals surface area contributed by atoms with E-state index in [4.69, 9.17) is 32.4 Å². The van der Waals surface area contributed by atoms with Gasteiger partial charge in [-0.25, -0.2) is 0 Å². The smallest absolute Gasteiger partial charge is 0.254 e. The van der Waals surface area contributed by atoms with Crippen molar-refractivity contribution in [2.45, 2.75) is 6.61 Å². The molecule has 2 aromatic carbocycles. The summed E-state index contributed by atoms with van der Waals surface area (Å²) in [7, 11) is 0. The van der Waals surface area contributed by atoms with Crippen LogP contribution < -0.4 is 4.74 Å². The lowest BCUT2D eigenvalue weighted by Crippen LogP contribution is -1.95. The van der Waals surface area contributed by atoms with Crippen molar-refractivity contribution in [2.24, 2.45) is 0 Å². The predicted octanol–water partition coefficient (Wildman–Crippen LogP) is 4.62. The zero-order valence-electron chi connectivity index (χ0n) is 10.8. The van der Waals surface area contributed by atoms with Crippen LogP contribution in [0.2, 0.25) is 10.0 Å². The molecule has 1 aromatic heterocycles. The van der Waals surface area contributed by atoms with Crippen LogP contribution in [0.1, 0.15) is 5.89 Å². The highest BCUT2D eigenvalue weighted by Crippen LogP contribution is 2.26. The second kappa shape index (κ2) is 6.16. The van der Waals surface area contributed by atoms with Crippen LogP contribution in [0.15, 0.2) is 52.9 Å². The van der Waals surface area contributed by atoms with Gasteiger partial charge in [-0.15, -0.1) is 10.2 Å². The summed E-state index contributed by atoms with van der Waals surface area (Å²) in [6, 6.07) is 14.3. The Bertz CT molecular complexity index is 741. The maximum absolute atomic E-state index is 6.08. The van der Waals surface area contributed by atoms with Crippen molar-refractivity contribution < 1.29 is 9.15 Å². The van der Waals surface area contributed by atoms with Gasteiger partial charge in [0.25, 0.3) is 5.89 Å². The predicted molar refractivity (Wildman–Crippen MR) is 80.5 cm³/mol. The summed E-state index contributed by atoms with van der Waals surface area (Å²) >= 11 is 11.9. The van der Waals surface area contributed by atoms with Gasteiger partial charge in [-0.1, -0.05) is 35.3 Å². The lowest BCUT2D eigenvalue weighted by molar-refractivity contribution is 0.264. The van der Waals surface area contributed by atoms with E-state index in [-0.39, 0.29) is 6.61 Å². The lowest BCUT2D eigenvalue weighted by atomic mass is 10.2. The average molecular weight is 321 g/mol. The van der Waals surface area contributed by atoms with Gasteiger partial charge in [0, 0.05) is 5.02 Å². The molecule has 0 saturated carbocycles. The fraction of sp³-hybridized carbons (Fsp3) is 0.0667. The van der Waals surface area contributed by atoms with Crippen molar-refractivity contribution in [1.82, 2.24) is 10.2 Å². The molecule has 0 aliphatic heterocycles. The van der Waals surface area contributed by atoms with E-state index in [1.54, 1.807) is 30.3 Å². The Balaban J connectivity index is 1.71. The van der Waals surface area contributed by atoms with E-state index in [0.717, 1.165) is 0 Å². The van der Waals surface area contributed by atoms with Gasteiger partial charge in [0.2, 0.25) is 5.89 Å². The summed E-state index contributed by atoms with van der Waals surface area (Å²) in [4.78, 5) is 0. The van der Waals surface area contributed by atoms with Gasteiger partial charge in [-0.05, 0) is 36.4 Å². The Hall–Kier alpha value is -2.04. The summed E-state index contributed by atoms with van der Waals surface area (Å²) in [6.07, 6.45) is 0. The van der Waals surface area contributed by atoms with Crippen LogP contribution in [0.4, 0.5) is 0 Å². The number of halogens is 2. The third kappa shape index (κ3) is 3.35. The number of hydrogen-bond donors (Lipinski definition) is 0. The molecule has 0 aliphatic carbocycles. The molecule has 0 N–H and O–H groups in total. The van der Waals surface area contributed by atoms with Crippen molar-refractivity contribution >= 4 is 23.2 Å². The monoisotopic (exact) mass is 320 g/mol. The van der Waals surface area contributed by atoms with Gasteiger partial charge < -0.3 is 9.15 Å². The molecule has 1 heterocycles. The Morgan fingerprint density at radius 1 is 0.952 bits per heavy atom. The molecule has 0 aliphatic rings. The number of ether oxygens (including phenoxy) is 1. The van der Waals surface area contributed by atoms with E-state index in [1.807, 2.05) is 18.2 Å². The fourth-order valence-corrected chi connectivity index (χ4v) is 2.07. The van der Waals surface area contributed by atoms with Crippen LogP contribution in [-0.4, -0.2) is 10.2 Å². The largest absolute Gasteiger partial charge is 0.484 e. The van der Waals surface area contributed by atoms with E-state index in [0.29, 0.717) is 33.1 Å². The number of hydrogen-bond acceptors (Lipinski definition) is 4. The molecule has 3 aromatic rings. The van der Waals surface area contributed by atoms with Gasteiger partial charge in [0.05, 0.1) is 10.6 Å². The third-order valence-corrected chi connectivity index (χ3v) is 3.33. The number of benzene rings is 2. The minimum atomic E-state index is 0.180. The zero-order chi connectivity index (χ0) is 14.7. The molecule has 0 unspecified atom stereocenters. The van der Waals surface area contributed by atoms with Gasteiger partial charge >= 0.3 is 0 Å². The summed E-state index contributed by atoms with van der Waals surface area (Å²) in [5.74, 6) is 1.42. The zero-order valence-corrected chi connectivity index (χ0v) is 12.3. The van der Waals surface area contributed by atoms with Crippen molar-refractivity contribution in [1.29, 1.82) is 0 Å². The second-order valence-electron chi connectivity index (χ2n) is 4.22. The SMILES string of the molecule is Clc1ccc(OCc2nnc(-c3ccccc3Cl)o2)cc1. The first-order valence-corrected chi connectivity index (χ1v) is 6.93. The molecule has 0 amide bonds. The molecule has 0 bridgehead atoms. The van der Waals surface area contributed by atoms with E-state index >= 15 is 0 Å². The minimum Gasteiger partial charge on any atom is -0.484 e. The number of nitrogens with zero attached hydrogens (tertiary/aromatic N) is 2. The first-order chi connectivity index (χ1) is 10.2. The molecular weight excluding hydrogens is 311 g/mol. The minimum absolute atomic E-state index is 0.180. The number of aromatic nitrogens is 2. The molecular formula is C15H10Cl2N2O2. The Kier molecular flexibility index (Phi) is 4.08. The quantitative estimate of drug-likeness (QED) is 0.703. The van der Waals surface area contributed by atoms with Crippen LogP contribution >= 0.6 is 23.2 Å². The number of rotatable bonds is 4. The van der Waals surface area contributed by atoms with Crippen LogP contribution in [-0.2, 0) is 6.61 Å². The Labute approximate surface area is 131 Å². The van der Waals surface area contributed by atoms with Crippen LogP contribution in [0.3, 0.4) is 0 Å².